The third-order valence-corrected chi connectivity index (χ3v) is 4.86. The number of unbranched alkanes of at least 4 members (excludes halogenated alkanes) is 2. The minimum absolute atomic E-state index is 0.00240. The van der Waals surface area contributed by atoms with Gasteiger partial charge in [0.15, 0.2) is 5.60 Å². The molecule has 0 amide bonds. The van der Waals surface area contributed by atoms with Gasteiger partial charge in [0.25, 0.3) is 0 Å². The molecule has 2 aliphatic rings. The lowest BCUT2D eigenvalue weighted by Gasteiger charge is -2.27. The van der Waals surface area contributed by atoms with Gasteiger partial charge in [-0.05, 0) is 44.1 Å². The van der Waals surface area contributed by atoms with Crippen LogP contribution in [0.4, 0.5) is 0 Å². The molecule has 1 unspecified atom stereocenters. The summed E-state index contributed by atoms with van der Waals surface area (Å²) in [6.45, 7) is 5.54. The molecular formula is C21H23NO4. The van der Waals surface area contributed by atoms with Gasteiger partial charge in [0.2, 0.25) is 5.78 Å². The number of allylic oxidation sites excluding steroid dienone is 2. The predicted molar refractivity (Wildman–Crippen MR) is 99.5 cm³/mol. The fraction of sp³-hybridized carbons (Fsp3) is 0.381. The number of aliphatic hydroxyl groups excluding tert-OH is 1. The molecule has 0 spiro atoms. The Kier molecular flexibility index (Phi) is 4.81. The van der Waals surface area contributed by atoms with Crippen molar-refractivity contribution in [3.63, 3.8) is 0 Å². The van der Waals surface area contributed by atoms with Crippen LogP contribution in [0.25, 0.3) is 12.2 Å². The van der Waals surface area contributed by atoms with Crippen LogP contribution in [0.15, 0.2) is 35.2 Å². The molecule has 1 aliphatic carbocycles. The van der Waals surface area contributed by atoms with Crippen molar-refractivity contribution in [1.29, 1.82) is 0 Å². The van der Waals surface area contributed by atoms with Crippen LogP contribution in [0, 0.1) is 0 Å². The lowest BCUT2D eigenvalue weighted by molar-refractivity contribution is -0.141. The zero-order chi connectivity index (χ0) is 18.9. The molecule has 0 saturated carbocycles. The summed E-state index contributed by atoms with van der Waals surface area (Å²) in [4.78, 5) is 29.7. The average molecular weight is 353 g/mol. The van der Waals surface area contributed by atoms with E-state index in [4.69, 9.17) is 4.74 Å². The SMILES string of the molecule is CC=Cc1cc2c(cn1)C(=O)C1(C)OC(=O)C(=C(O)CCCCC)C1=C2. The van der Waals surface area contributed by atoms with Crippen molar-refractivity contribution >= 4 is 23.9 Å². The van der Waals surface area contributed by atoms with E-state index < -0.39 is 11.6 Å². The zero-order valence-corrected chi connectivity index (χ0v) is 15.3. The average Bonchev–Trinajstić information content (AvgIpc) is 2.86. The first-order valence-electron chi connectivity index (χ1n) is 8.98. The van der Waals surface area contributed by atoms with E-state index in [9.17, 15) is 14.7 Å². The van der Waals surface area contributed by atoms with E-state index in [1.807, 2.05) is 19.1 Å². The van der Waals surface area contributed by atoms with Crippen LogP contribution in [0.3, 0.4) is 0 Å². The molecule has 0 bridgehead atoms. The van der Waals surface area contributed by atoms with E-state index in [-0.39, 0.29) is 17.1 Å². The van der Waals surface area contributed by atoms with Crippen molar-refractivity contribution in [1.82, 2.24) is 4.98 Å². The number of carbonyl (C=O) groups excluding carboxylic acids is 2. The Labute approximate surface area is 153 Å². The monoisotopic (exact) mass is 353 g/mol. The first kappa shape index (κ1) is 18.1. The van der Waals surface area contributed by atoms with Gasteiger partial charge in [0.05, 0.1) is 5.69 Å². The molecule has 26 heavy (non-hydrogen) atoms. The topological polar surface area (TPSA) is 76.5 Å². The summed E-state index contributed by atoms with van der Waals surface area (Å²) in [5.41, 5.74) is 0.995. The Balaban J connectivity index is 2.11. The van der Waals surface area contributed by atoms with Gasteiger partial charge >= 0.3 is 5.97 Å². The summed E-state index contributed by atoms with van der Waals surface area (Å²) in [6.07, 6.45) is 10.1. The lowest BCUT2D eigenvalue weighted by atomic mass is 9.78. The Bertz CT molecular complexity index is 863. The fourth-order valence-corrected chi connectivity index (χ4v) is 3.43. The molecule has 1 atom stereocenters. The van der Waals surface area contributed by atoms with Crippen LogP contribution in [0.1, 0.15) is 68.1 Å². The molecule has 5 heteroatoms. The number of pyridine rings is 1. The van der Waals surface area contributed by atoms with Gasteiger partial charge in [-0.15, -0.1) is 0 Å². The normalized spacial score (nSPS) is 23.6. The Morgan fingerprint density at radius 1 is 1.35 bits per heavy atom. The molecule has 1 fully saturated rings. The number of rotatable bonds is 5. The highest BCUT2D eigenvalue weighted by molar-refractivity contribution is 6.17. The third kappa shape index (κ3) is 2.87. The second-order valence-electron chi connectivity index (χ2n) is 6.79. The Hall–Kier alpha value is -2.69. The van der Waals surface area contributed by atoms with Gasteiger partial charge in [-0.25, -0.2) is 4.79 Å². The highest BCUT2D eigenvalue weighted by Gasteiger charge is 2.54. The minimum Gasteiger partial charge on any atom is -0.511 e. The Morgan fingerprint density at radius 3 is 2.81 bits per heavy atom. The van der Waals surface area contributed by atoms with E-state index in [2.05, 4.69) is 11.9 Å². The number of carbonyl (C=O) groups is 2. The van der Waals surface area contributed by atoms with Crippen molar-refractivity contribution in [2.75, 3.05) is 0 Å². The first-order valence-corrected chi connectivity index (χ1v) is 8.98. The molecular weight excluding hydrogens is 330 g/mol. The second-order valence-corrected chi connectivity index (χ2v) is 6.79. The van der Waals surface area contributed by atoms with Gasteiger partial charge in [0, 0.05) is 23.8 Å². The number of aromatic nitrogens is 1. The molecule has 3 rings (SSSR count). The highest BCUT2D eigenvalue weighted by Crippen LogP contribution is 2.45. The van der Waals surface area contributed by atoms with Crippen molar-refractivity contribution in [2.24, 2.45) is 0 Å². The van der Waals surface area contributed by atoms with Crippen LogP contribution in [0.5, 0.6) is 0 Å². The third-order valence-electron chi connectivity index (χ3n) is 4.86. The summed E-state index contributed by atoms with van der Waals surface area (Å²) >= 11 is 0. The second kappa shape index (κ2) is 6.90. The van der Waals surface area contributed by atoms with E-state index in [0.29, 0.717) is 23.1 Å². The smallest absolute Gasteiger partial charge is 0.343 e. The maximum atomic E-state index is 13.0. The van der Waals surface area contributed by atoms with Crippen molar-refractivity contribution < 1.29 is 19.4 Å². The van der Waals surface area contributed by atoms with Crippen LogP contribution in [-0.2, 0) is 9.53 Å². The van der Waals surface area contributed by atoms with Crippen LogP contribution < -0.4 is 0 Å². The summed E-state index contributed by atoms with van der Waals surface area (Å²) in [7, 11) is 0. The number of aliphatic hydroxyl groups is 1. The number of ketones is 1. The lowest BCUT2D eigenvalue weighted by Crippen LogP contribution is -2.39. The maximum Gasteiger partial charge on any atom is 0.343 e. The molecule has 0 radical (unpaired) electrons. The van der Waals surface area contributed by atoms with Gasteiger partial charge in [-0.2, -0.15) is 0 Å². The number of fused-ring (bicyclic) bond motifs is 2. The summed E-state index contributed by atoms with van der Waals surface area (Å²) < 4.78 is 5.42. The van der Waals surface area contributed by atoms with Gasteiger partial charge < -0.3 is 9.84 Å². The molecule has 0 aromatic carbocycles. The molecule has 1 saturated heterocycles. The summed E-state index contributed by atoms with van der Waals surface area (Å²) in [5.74, 6) is -0.956. The van der Waals surface area contributed by atoms with Crippen molar-refractivity contribution in [2.45, 2.75) is 52.1 Å². The van der Waals surface area contributed by atoms with E-state index >= 15 is 0 Å². The summed E-state index contributed by atoms with van der Waals surface area (Å²) in [5, 5.41) is 10.5. The number of nitrogens with zero attached hydrogens (tertiary/aromatic N) is 1. The van der Waals surface area contributed by atoms with Crippen LogP contribution >= 0.6 is 0 Å². The molecule has 1 aliphatic heterocycles. The zero-order valence-electron chi connectivity index (χ0n) is 15.3. The standard InChI is InChI=1S/C21H23NO4/c1-4-6-7-9-17(23)18-16-11-13-10-14(8-5-2)22-12-15(13)19(24)21(16,3)26-20(18)25/h5,8,10-12,23H,4,6-7,9H2,1-3H3. The van der Waals surface area contributed by atoms with Crippen molar-refractivity contribution in [3.8, 4) is 0 Å². The molecule has 1 N–H and O–H groups in total. The van der Waals surface area contributed by atoms with E-state index in [1.54, 1.807) is 19.1 Å². The number of Topliss-reactive ketones (excluding diaryl/α,β-unsaturated/α-hetero) is 1. The summed E-state index contributed by atoms with van der Waals surface area (Å²) in [6, 6.07) is 1.80. The molecule has 2 heterocycles. The number of hydrogen-bond acceptors (Lipinski definition) is 5. The first-order chi connectivity index (χ1) is 12.4. The molecule has 1 aromatic heterocycles. The quantitative estimate of drug-likeness (QED) is 0.367. The van der Waals surface area contributed by atoms with Gasteiger partial charge in [-0.3, -0.25) is 9.78 Å². The number of ether oxygens (including phenoxy) is 1. The number of hydrogen-bond donors (Lipinski definition) is 1. The molecule has 1 aromatic rings. The molecule has 136 valence electrons. The van der Waals surface area contributed by atoms with E-state index in [1.165, 1.54) is 6.20 Å². The van der Waals surface area contributed by atoms with Crippen LogP contribution in [-0.4, -0.2) is 27.4 Å². The predicted octanol–water partition coefficient (Wildman–Crippen LogP) is 4.40. The maximum absolute atomic E-state index is 13.0. The highest BCUT2D eigenvalue weighted by atomic mass is 16.6. The van der Waals surface area contributed by atoms with Gasteiger partial charge in [-0.1, -0.05) is 25.8 Å². The number of esters is 1. The Morgan fingerprint density at radius 2 is 2.12 bits per heavy atom. The van der Waals surface area contributed by atoms with E-state index in [0.717, 1.165) is 25.0 Å². The fourth-order valence-electron chi connectivity index (χ4n) is 3.43. The molecule has 5 nitrogen and oxygen atoms in total. The largest absolute Gasteiger partial charge is 0.511 e. The minimum atomic E-state index is -1.40. The van der Waals surface area contributed by atoms with Crippen LogP contribution in [0.2, 0.25) is 0 Å². The van der Waals surface area contributed by atoms with Gasteiger partial charge in [0.1, 0.15) is 11.3 Å². The van der Waals surface area contributed by atoms with Crippen molar-refractivity contribution in [3.05, 3.63) is 52.1 Å².